The summed E-state index contributed by atoms with van der Waals surface area (Å²) in [6.45, 7) is 3.63. The van der Waals surface area contributed by atoms with Gasteiger partial charge in [-0.1, -0.05) is 47.5 Å². The van der Waals surface area contributed by atoms with Gasteiger partial charge in [-0.3, -0.25) is 0 Å². The molecule has 1 aromatic heterocycles. The van der Waals surface area contributed by atoms with E-state index in [2.05, 4.69) is 16.2 Å². The van der Waals surface area contributed by atoms with E-state index in [4.69, 9.17) is 0 Å². The average molecular weight is 190 g/mol. The van der Waals surface area contributed by atoms with Crippen LogP contribution in [0.4, 0.5) is 0 Å². The van der Waals surface area contributed by atoms with E-state index in [-0.39, 0.29) is 0 Å². The van der Waals surface area contributed by atoms with Crippen LogP contribution in [0.5, 0.6) is 0 Å². The van der Waals surface area contributed by atoms with Crippen LogP contribution in [-0.4, -0.2) is 9.59 Å². The Morgan fingerprint density at radius 3 is 2.31 bits per heavy atom. The fourth-order valence-corrected chi connectivity index (χ4v) is 0.997. The summed E-state index contributed by atoms with van der Waals surface area (Å²) in [7, 11) is 0. The highest BCUT2D eigenvalue weighted by Crippen LogP contribution is 1.97. The predicted octanol–water partition coefficient (Wildman–Crippen LogP) is 2.87. The van der Waals surface area contributed by atoms with Crippen LogP contribution in [0.3, 0.4) is 0 Å². The summed E-state index contributed by atoms with van der Waals surface area (Å²) in [4.78, 5) is 0. The van der Waals surface area contributed by atoms with E-state index < -0.39 is 0 Å². The Balaban J connectivity index is 0.000000145. The quantitative estimate of drug-likeness (QED) is 0.691. The third-order valence-corrected chi connectivity index (χ3v) is 1.75. The molecular formula is C10H10N2S. The molecule has 0 saturated heterocycles. The second-order valence-corrected chi connectivity index (χ2v) is 2.85. The SMILES string of the molecule is C=Cc1ccccc1.c1csnn1. The van der Waals surface area contributed by atoms with E-state index in [9.17, 15) is 0 Å². The van der Waals surface area contributed by atoms with Crippen LogP contribution in [0.25, 0.3) is 6.08 Å². The Morgan fingerprint density at radius 2 is 2.00 bits per heavy atom. The Labute approximate surface area is 81.7 Å². The average Bonchev–Trinajstić information content (AvgIpc) is 2.77. The van der Waals surface area contributed by atoms with Crippen molar-refractivity contribution in [1.29, 1.82) is 0 Å². The first-order valence-corrected chi connectivity index (χ1v) is 4.65. The lowest BCUT2D eigenvalue weighted by atomic mass is 10.2. The second-order valence-electron chi connectivity index (χ2n) is 2.20. The molecule has 0 radical (unpaired) electrons. The van der Waals surface area contributed by atoms with E-state index >= 15 is 0 Å². The molecule has 66 valence electrons. The molecule has 0 aliphatic heterocycles. The molecule has 0 amide bonds. The van der Waals surface area contributed by atoms with Gasteiger partial charge in [0.1, 0.15) is 0 Å². The summed E-state index contributed by atoms with van der Waals surface area (Å²) in [5.74, 6) is 0. The molecule has 0 bridgehead atoms. The molecule has 0 spiro atoms. The molecule has 2 aromatic rings. The van der Waals surface area contributed by atoms with E-state index in [0.717, 1.165) is 0 Å². The normalized spacial score (nSPS) is 8.31. The summed E-state index contributed by atoms with van der Waals surface area (Å²) in [6, 6.07) is 10.0. The fraction of sp³-hybridized carbons (Fsp3) is 0. The maximum atomic E-state index is 3.63. The Hall–Kier alpha value is -1.48. The third kappa shape index (κ3) is 4.18. The fourth-order valence-electron chi connectivity index (χ4n) is 0.725. The molecule has 0 N–H and O–H groups in total. The van der Waals surface area contributed by atoms with Gasteiger partial charge in [0.25, 0.3) is 0 Å². The van der Waals surface area contributed by atoms with Crippen molar-refractivity contribution in [3.8, 4) is 0 Å². The highest BCUT2D eigenvalue weighted by atomic mass is 32.1. The van der Waals surface area contributed by atoms with Gasteiger partial charge < -0.3 is 0 Å². The number of rotatable bonds is 1. The number of hydrogen-bond acceptors (Lipinski definition) is 3. The number of aromatic nitrogens is 2. The molecule has 0 aliphatic rings. The van der Waals surface area contributed by atoms with E-state index in [1.54, 1.807) is 6.20 Å². The van der Waals surface area contributed by atoms with E-state index in [0.29, 0.717) is 0 Å². The summed E-state index contributed by atoms with van der Waals surface area (Å²) < 4.78 is 3.51. The number of nitrogens with zero attached hydrogens (tertiary/aromatic N) is 2. The van der Waals surface area contributed by atoms with Gasteiger partial charge in [0.2, 0.25) is 0 Å². The van der Waals surface area contributed by atoms with Crippen molar-refractivity contribution < 1.29 is 0 Å². The van der Waals surface area contributed by atoms with Gasteiger partial charge in [0.15, 0.2) is 0 Å². The van der Waals surface area contributed by atoms with Gasteiger partial charge >= 0.3 is 0 Å². The van der Waals surface area contributed by atoms with Gasteiger partial charge in [-0.15, -0.1) is 5.10 Å². The summed E-state index contributed by atoms with van der Waals surface area (Å²) in [5.41, 5.74) is 1.17. The van der Waals surface area contributed by atoms with E-state index in [1.807, 2.05) is 41.8 Å². The van der Waals surface area contributed by atoms with Crippen molar-refractivity contribution in [1.82, 2.24) is 9.59 Å². The molecule has 2 rings (SSSR count). The molecule has 0 atom stereocenters. The van der Waals surface area contributed by atoms with Crippen LogP contribution < -0.4 is 0 Å². The number of benzene rings is 1. The van der Waals surface area contributed by atoms with Gasteiger partial charge in [-0.2, -0.15) is 0 Å². The second kappa shape index (κ2) is 6.08. The van der Waals surface area contributed by atoms with Crippen molar-refractivity contribution >= 4 is 17.6 Å². The molecule has 1 aromatic carbocycles. The largest absolute Gasteiger partial charge is 0.147 e. The minimum Gasteiger partial charge on any atom is -0.147 e. The summed E-state index contributed by atoms with van der Waals surface area (Å²) in [6.07, 6.45) is 3.49. The number of hydrogen-bond donors (Lipinski definition) is 0. The first-order valence-electron chi connectivity index (χ1n) is 3.82. The maximum Gasteiger partial charge on any atom is 0.0620 e. The van der Waals surface area contributed by atoms with Crippen molar-refractivity contribution in [2.24, 2.45) is 0 Å². The zero-order valence-corrected chi connectivity index (χ0v) is 7.95. The molecule has 0 saturated carbocycles. The Morgan fingerprint density at radius 1 is 1.23 bits per heavy atom. The molecular weight excluding hydrogens is 180 g/mol. The van der Waals surface area contributed by atoms with Crippen LogP contribution >= 0.6 is 11.5 Å². The molecule has 0 fully saturated rings. The molecule has 2 nitrogen and oxygen atoms in total. The molecule has 13 heavy (non-hydrogen) atoms. The first-order chi connectivity index (χ1) is 6.43. The first kappa shape index (κ1) is 9.61. The molecule has 0 aliphatic carbocycles. The molecule has 1 heterocycles. The van der Waals surface area contributed by atoms with Gasteiger partial charge in [0.05, 0.1) is 6.20 Å². The lowest BCUT2D eigenvalue weighted by molar-refractivity contribution is 1.16. The maximum absolute atomic E-state index is 3.63. The zero-order valence-electron chi connectivity index (χ0n) is 7.13. The zero-order chi connectivity index (χ0) is 9.36. The van der Waals surface area contributed by atoms with Crippen LogP contribution in [0, 0.1) is 0 Å². The van der Waals surface area contributed by atoms with Crippen LogP contribution in [0.1, 0.15) is 5.56 Å². The van der Waals surface area contributed by atoms with Crippen LogP contribution in [-0.2, 0) is 0 Å². The third-order valence-electron chi connectivity index (χ3n) is 1.32. The smallest absolute Gasteiger partial charge is 0.0620 e. The highest BCUT2D eigenvalue weighted by molar-refractivity contribution is 7.03. The minimum absolute atomic E-state index is 1.17. The monoisotopic (exact) mass is 190 g/mol. The molecule has 3 heteroatoms. The van der Waals surface area contributed by atoms with Gasteiger partial charge in [-0.25, -0.2) is 0 Å². The van der Waals surface area contributed by atoms with Crippen molar-refractivity contribution in [3.63, 3.8) is 0 Å². The predicted molar refractivity (Wildman–Crippen MR) is 56.4 cm³/mol. The van der Waals surface area contributed by atoms with Crippen LogP contribution in [0.2, 0.25) is 0 Å². The lowest BCUT2D eigenvalue weighted by Gasteiger charge is -1.85. The van der Waals surface area contributed by atoms with Gasteiger partial charge in [-0.05, 0) is 17.1 Å². The summed E-state index contributed by atoms with van der Waals surface area (Å²) >= 11 is 1.35. The van der Waals surface area contributed by atoms with Gasteiger partial charge in [0, 0.05) is 5.38 Å². The molecule has 0 unspecified atom stereocenters. The standard InChI is InChI=1S/C8H8.C2H2N2S/c1-2-8-6-4-3-5-7-8;1-2-5-4-3-1/h2-7H,1H2;1-2H. The highest BCUT2D eigenvalue weighted by Gasteiger charge is 1.75. The van der Waals surface area contributed by atoms with Crippen molar-refractivity contribution in [2.75, 3.05) is 0 Å². The van der Waals surface area contributed by atoms with Crippen molar-refractivity contribution in [3.05, 3.63) is 54.1 Å². The minimum atomic E-state index is 1.17. The Bertz CT molecular complexity index is 299. The Kier molecular flexibility index (Phi) is 4.49. The summed E-state index contributed by atoms with van der Waals surface area (Å²) in [5, 5.41) is 5.31. The van der Waals surface area contributed by atoms with Crippen LogP contribution in [0.15, 0.2) is 48.5 Å². The topological polar surface area (TPSA) is 25.8 Å². The van der Waals surface area contributed by atoms with Crippen molar-refractivity contribution in [2.45, 2.75) is 0 Å². The lowest BCUT2D eigenvalue weighted by Crippen LogP contribution is -1.63. The van der Waals surface area contributed by atoms with E-state index in [1.165, 1.54) is 17.1 Å².